The van der Waals surface area contributed by atoms with Crippen molar-refractivity contribution in [1.29, 1.82) is 0 Å². The van der Waals surface area contributed by atoms with Crippen LogP contribution in [0.1, 0.15) is 19.4 Å². The number of hydrogen-bond acceptors (Lipinski definition) is 4. The van der Waals surface area contributed by atoms with Gasteiger partial charge in [-0.25, -0.2) is 4.79 Å². The van der Waals surface area contributed by atoms with Gasteiger partial charge in [0.25, 0.3) is 0 Å². The molecule has 0 aromatic heterocycles. The Bertz CT molecular complexity index is 422. The minimum absolute atomic E-state index is 0.134. The second kappa shape index (κ2) is 5.77. The second-order valence-electron chi connectivity index (χ2n) is 3.80. The Morgan fingerprint density at radius 2 is 2.06 bits per heavy atom. The third-order valence-corrected chi connectivity index (χ3v) is 2.36. The van der Waals surface area contributed by atoms with Crippen molar-refractivity contribution in [1.82, 2.24) is 0 Å². The number of benzene rings is 1. The monoisotopic (exact) mass is 259 g/mol. The van der Waals surface area contributed by atoms with Crippen molar-refractivity contribution in [2.75, 3.05) is 6.61 Å². The molecule has 6 heteroatoms. The van der Waals surface area contributed by atoms with Crippen LogP contribution in [0.3, 0.4) is 0 Å². The maximum Gasteiger partial charge on any atom is 0.387 e. The number of halogens is 2. The van der Waals surface area contributed by atoms with Crippen molar-refractivity contribution in [2.45, 2.75) is 26.0 Å². The minimum atomic E-state index is -2.98. The topological polar surface area (TPSA) is 61.5 Å². The lowest BCUT2D eigenvalue weighted by atomic mass is 9.92. The molecule has 2 N–H and O–H groups in total. The lowest BCUT2D eigenvalue weighted by Crippen LogP contribution is -2.43. The predicted octanol–water partition coefficient (Wildman–Crippen LogP) is 2.02. The first-order valence-electron chi connectivity index (χ1n) is 5.40. The van der Waals surface area contributed by atoms with Crippen LogP contribution in [0, 0.1) is 0 Å². The van der Waals surface area contributed by atoms with Crippen molar-refractivity contribution in [3.8, 4) is 5.75 Å². The van der Waals surface area contributed by atoms with Gasteiger partial charge in [0, 0.05) is 5.56 Å². The summed E-state index contributed by atoms with van der Waals surface area (Å²) < 4.78 is 33.7. The molecule has 0 aliphatic carbocycles. The minimum Gasteiger partial charge on any atom is -0.464 e. The first-order chi connectivity index (χ1) is 8.39. The number of carbonyl (C=O) groups excluding carboxylic acids is 1. The fourth-order valence-corrected chi connectivity index (χ4v) is 1.49. The molecule has 1 aromatic rings. The lowest BCUT2D eigenvalue weighted by Gasteiger charge is -2.24. The van der Waals surface area contributed by atoms with Gasteiger partial charge in [-0.3, -0.25) is 0 Å². The van der Waals surface area contributed by atoms with Gasteiger partial charge >= 0.3 is 12.6 Å². The van der Waals surface area contributed by atoms with Crippen molar-refractivity contribution >= 4 is 5.97 Å². The van der Waals surface area contributed by atoms with E-state index in [-0.39, 0.29) is 17.9 Å². The summed E-state index contributed by atoms with van der Waals surface area (Å²) in [4.78, 5) is 11.7. The SMILES string of the molecule is CCOC(=O)C(C)(N)c1ccccc1OC(F)F. The first-order valence-corrected chi connectivity index (χ1v) is 5.40. The molecule has 1 rings (SSSR count). The number of carbonyl (C=O) groups is 1. The van der Waals surface area contributed by atoms with Crippen LogP contribution in [-0.4, -0.2) is 19.2 Å². The van der Waals surface area contributed by atoms with Crippen molar-refractivity contribution in [2.24, 2.45) is 5.73 Å². The molecule has 0 radical (unpaired) electrons. The molecule has 1 aromatic carbocycles. The molecular formula is C12H15F2NO3. The fourth-order valence-electron chi connectivity index (χ4n) is 1.49. The summed E-state index contributed by atoms with van der Waals surface area (Å²) >= 11 is 0. The molecule has 0 spiro atoms. The van der Waals surface area contributed by atoms with Gasteiger partial charge in [-0.05, 0) is 19.9 Å². The molecule has 4 nitrogen and oxygen atoms in total. The number of esters is 1. The van der Waals surface area contributed by atoms with Gasteiger partial charge in [0.2, 0.25) is 0 Å². The van der Waals surface area contributed by atoms with Gasteiger partial charge in [0.05, 0.1) is 6.61 Å². The van der Waals surface area contributed by atoms with Gasteiger partial charge in [0.15, 0.2) is 0 Å². The van der Waals surface area contributed by atoms with Crippen molar-refractivity contribution < 1.29 is 23.0 Å². The maximum absolute atomic E-state index is 12.3. The Morgan fingerprint density at radius 3 is 2.61 bits per heavy atom. The van der Waals surface area contributed by atoms with E-state index in [4.69, 9.17) is 10.5 Å². The Kier molecular flexibility index (Phi) is 4.61. The average molecular weight is 259 g/mol. The highest BCUT2D eigenvalue weighted by Crippen LogP contribution is 2.30. The van der Waals surface area contributed by atoms with E-state index in [2.05, 4.69) is 4.74 Å². The Labute approximate surface area is 104 Å². The highest BCUT2D eigenvalue weighted by Gasteiger charge is 2.35. The summed E-state index contributed by atoms with van der Waals surface area (Å²) in [5, 5.41) is 0. The molecule has 0 saturated carbocycles. The number of ether oxygens (including phenoxy) is 2. The van der Waals surface area contributed by atoms with E-state index >= 15 is 0 Å². The summed E-state index contributed by atoms with van der Waals surface area (Å²) in [5.41, 5.74) is 4.46. The number of rotatable bonds is 5. The second-order valence-corrected chi connectivity index (χ2v) is 3.80. The molecule has 0 heterocycles. The summed E-state index contributed by atoms with van der Waals surface area (Å²) in [7, 11) is 0. The quantitative estimate of drug-likeness (QED) is 0.822. The fraction of sp³-hybridized carbons (Fsp3) is 0.417. The molecule has 0 aliphatic heterocycles. The molecule has 18 heavy (non-hydrogen) atoms. The molecular weight excluding hydrogens is 244 g/mol. The van der Waals surface area contributed by atoms with Crippen molar-refractivity contribution in [3.63, 3.8) is 0 Å². The van der Waals surface area contributed by atoms with E-state index in [1.54, 1.807) is 13.0 Å². The van der Waals surface area contributed by atoms with Crippen LogP contribution in [-0.2, 0) is 15.1 Å². The number of para-hydroxylation sites is 1. The largest absolute Gasteiger partial charge is 0.464 e. The molecule has 0 amide bonds. The summed E-state index contributed by atoms with van der Waals surface area (Å²) in [6, 6.07) is 5.88. The average Bonchev–Trinajstić information content (AvgIpc) is 2.29. The number of hydrogen-bond donors (Lipinski definition) is 1. The van der Waals surface area contributed by atoms with Gasteiger partial charge in [-0.2, -0.15) is 8.78 Å². The predicted molar refractivity (Wildman–Crippen MR) is 61.2 cm³/mol. The van der Waals surface area contributed by atoms with E-state index in [9.17, 15) is 13.6 Å². The van der Waals surface area contributed by atoms with Crippen LogP contribution in [0.25, 0.3) is 0 Å². The zero-order valence-electron chi connectivity index (χ0n) is 10.2. The van der Waals surface area contributed by atoms with Crippen LogP contribution in [0.2, 0.25) is 0 Å². The number of alkyl halides is 2. The van der Waals surface area contributed by atoms with Crippen LogP contribution in [0.4, 0.5) is 8.78 Å². The van der Waals surface area contributed by atoms with E-state index < -0.39 is 18.1 Å². The molecule has 0 saturated heterocycles. The van der Waals surface area contributed by atoms with Crippen LogP contribution < -0.4 is 10.5 Å². The van der Waals surface area contributed by atoms with Crippen LogP contribution >= 0.6 is 0 Å². The summed E-state index contributed by atoms with van der Waals surface area (Å²) in [6.07, 6.45) is 0. The third kappa shape index (κ3) is 3.16. The third-order valence-electron chi connectivity index (χ3n) is 2.36. The molecule has 100 valence electrons. The van der Waals surface area contributed by atoms with E-state index in [1.165, 1.54) is 25.1 Å². The van der Waals surface area contributed by atoms with Gasteiger partial charge in [-0.15, -0.1) is 0 Å². The smallest absolute Gasteiger partial charge is 0.387 e. The highest BCUT2D eigenvalue weighted by molar-refractivity contribution is 5.82. The Morgan fingerprint density at radius 1 is 1.44 bits per heavy atom. The first kappa shape index (κ1) is 14.4. The van der Waals surface area contributed by atoms with E-state index in [0.717, 1.165) is 0 Å². The van der Waals surface area contributed by atoms with E-state index in [0.29, 0.717) is 0 Å². The standard InChI is InChI=1S/C12H15F2NO3/c1-3-17-10(16)12(2,15)8-6-4-5-7-9(8)18-11(13)14/h4-7,11H,3,15H2,1-2H3. The van der Waals surface area contributed by atoms with Gasteiger partial charge < -0.3 is 15.2 Å². The molecule has 0 fully saturated rings. The maximum atomic E-state index is 12.3. The zero-order valence-corrected chi connectivity index (χ0v) is 10.2. The number of nitrogens with two attached hydrogens (primary N) is 1. The Balaban J connectivity index is 3.10. The van der Waals surface area contributed by atoms with E-state index in [1.807, 2.05) is 0 Å². The molecule has 0 aliphatic rings. The highest BCUT2D eigenvalue weighted by atomic mass is 19.3. The summed E-state index contributed by atoms with van der Waals surface area (Å²) in [6.45, 7) is 0.196. The zero-order chi connectivity index (χ0) is 13.8. The summed E-state index contributed by atoms with van der Waals surface area (Å²) in [5.74, 6) is -0.833. The molecule has 1 unspecified atom stereocenters. The molecule has 0 bridgehead atoms. The normalized spacial score (nSPS) is 14.1. The van der Waals surface area contributed by atoms with Gasteiger partial charge in [-0.1, -0.05) is 18.2 Å². The van der Waals surface area contributed by atoms with Crippen molar-refractivity contribution in [3.05, 3.63) is 29.8 Å². The van der Waals surface area contributed by atoms with Crippen LogP contribution in [0.15, 0.2) is 24.3 Å². The van der Waals surface area contributed by atoms with Crippen LogP contribution in [0.5, 0.6) is 5.75 Å². The Hall–Kier alpha value is -1.69. The molecule has 1 atom stereocenters. The lowest BCUT2D eigenvalue weighted by molar-refractivity contribution is -0.149. The van der Waals surface area contributed by atoms with Gasteiger partial charge in [0.1, 0.15) is 11.3 Å².